The van der Waals surface area contributed by atoms with Crippen LogP contribution in [-0.4, -0.2) is 15.0 Å². The zero-order chi connectivity index (χ0) is 20.2. The van der Waals surface area contributed by atoms with Gasteiger partial charge in [-0.2, -0.15) is 0 Å². The SMILES string of the molecule is Cc1nc(Nc2ncnc(Nc3ccc(Oc4ccccc4)cc3)c2N)sc1C. The minimum Gasteiger partial charge on any atom is -0.457 e. The molecule has 0 saturated heterocycles. The third-order valence-electron chi connectivity index (χ3n) is 4.23. The number of anilines is 5. The number of rotatable bonds is 6. The normalized spacial score (nSPS) is 10.6. The number of aromatic nitrogens is 3. The standard InChI is InChI=1S/C21H20N6OS/c1-13-14(2)29-21(25-13)27-20-18(22)19(23-12-24-20)26-15-8-10-17(11-9-15)28-16-6-4-3-5-7-16/h3-12H,22H2,1-2H3,(H2,23,24,25,26,27). The summed E-state index contributed by atoms with van der Waals surface area (Å²) < 4.78 is 5.81. The first-order valence-electron chi connectivity index (χ1n) is 9.00. The molecule has 0 atom stereocenters. The Hall–Kier alpha value is -3.65. The molecule has 29 heavy (non-hydrogen) atoms. The number of nitrogens with two attached hydrogens (primary N) is 1. The van der Waals surface area contributed by atoms with Gasteiger partial charge in [-0.25, -0.2) is 15.0 Å². The summed E-state index contributed by atoms with van der Waals surface area (Å²) in [6, 6.07) is 17.2. The van der Waals surface area contributed by atoms with Gasteiger partial charge in [0.25, 0.3) is 0 Å². The second-order valence-electron chi connectivity index (χ2n) is 6.33. The van der Waals surface area contributed by atoms with Crippen LogP contribution in [0.3, 0.4) is 0 Å². The molecule has 8 heteroatoms. The van der Waals surface area contributed by atoms with E-state index in [9.17, 15) is 0 Å². The maximum atomic E-state index is 6.26. The molecular formula is C21H20N6OS. The Morgan fingerprint density at radius 1 is 0.862 bits per heavy atom. The van der Waals surface area contributed by atoms with E-state index < -0.39 is 0 Å². The second kappa shape index (κ2) is 8.15. The van der Waals surface area contributed by atoms with E-state index in [1.807, 2.05) is 68.4 Å². The third kappa shape index (κ3) is 4.44. The topological polar surface area (TPSA) is 98.0 Å². The van der Waals surface area contributed by atoms with E-state index in [1.54, 1.807) is 11.3 Å². The molecule has 0 aliphatic rings. The van der Waals surface area contributed by atoms with E-state index in [-0.39, 0.29) is 0 Å². The molecule has 0 radical (unpaired) electrons. The van der Waals surface area contributed by atoms with Gasteiger partial charge in [0.1, 0.15) is 23.5 Å². The monoisotopic (exact) mass is 404 g/mol. The van der Waals surface area contributed by atoms with Crippen LogP contribution in [-0.2, 0) is 0 Å². The molecule has 7 nitrogen and oxygen atoms in total. The minimum absolute atomic E-state index is 0.419. The second-order valence-corrected chi connectivity index (χ2v) is 7.54. The van der Waals surface area contributed by atoms with Crippen molar-refractivity contribution >= 4 is 39.5 Å². The number of nitrogen functional groups attached to an aromatic ring is 1. The lowest BCUT2D eigenvalue weighted by Crippen LogP contribution is -2.05. The van der Waals surface area contributed by atoms with Crippen molar-refractivity contribution in [3.63, 3.8) is 0 Å². The summed E-state index contributed by atoms with van der Waals surface area (Å²) in [4.78, 5) is 14.1. The van der Waals surface area contributed by atoms with Crippen molar-refractivity contribution in [1.82, 2.24) is 15.0 Å². The van der Waals surface area contributed by atoms with Gasteiger partial charge in [0, 0.05) is 10.6 Å². The summed E-state index contributed by atoms with van der Waals surface area (Å²) >= 11 is 1.56. The van der Waals surface area contributed by atoms with Crippen molar-refractivity contribution < 1.29 is 4.74 Å². The Labute approximate surface area is 172 Å². The maximum Gasteiger partial charge on any atom is 0.188 e. The van der Waals surface area contributed by atoms with Crippen LogP contribution in [0.5, 0.6) is 11.5 Å². The van der Waals surface area contributed by atoms with E-state index in [1.165, 1.54) is 6.33 Å². The van der Waals surface area contributed by atoms with Crippen molar-refractivity contribution in [2.45, 2.75) is 13.8 Å². The molecule has 0 aliphatic carbocycles. The Balaban J connectivity index is 1.47. The number of aryl methyl sites for hydroxylation is 2. The molecule has 0 unspecified atom stereocenters. The average molecular weight is 404 g/mol. The van der Waals surface area contributed by atoms with E-state index in [4.69, 9.17) is 10.5 Å². The van der Waals surface area contributed by atoms with Gasteiger partial charge >= 0.3 is 0 Å². The number of nitrogens with one attached hydrogen (secondary N) is 2. The summed E-state index contributed by atoms with van der Waals surface area (Å²) in [5.41, 5.74) is 8.50. The Morgan fingerprint density at radius 2 is 1.52 bits per heavy atom. The highest BCUT2D eigenvalue weighted by Gasteiger charge is 2.11. The van der Waals surface area contributed by atoms with Gasteiger partial charge < -0.3 is 21.1 Å². The zero-order valence-electron chi connectivity index (χ0n) is 16.0. The predicted octanol–water partition coefficient (Wildman–Crippen LogP) is 5.41. The largest absolute Gasteiger partial charge is 0.457 e. The van der Waals surface area contributed by atoms with Crippen LogP contribution in [0.4, 0.5) is 28.1 Å². The molecule has 0 saturated carbocycles. The molecule has 4 rings (SSSR count). The highest BCUT2D eigenvalue weighted by atomic mass is 32.1. The van der Waals surface area contributed by atoms with Crippen LogP contribution in [0.15, 0.2) is 60.9 Å². The Bertz CT molecular complexity index is 1090. The average Bonchev–Trinajstić information content (AvgIpc) is 3.04. The van der Waals surface area contributed by atoms with Gasteiger partial charge in [-0.3, -0.25) is 0 Å². The Morgan fingerprint density at radius 3 is 2.17 bits per heavy atom. The highest BCUT2D eigenvalue weighted by molar-refractivity contribution is 7.15. The summed E-state index contributed by atoms with van der Waals surface area (Å²) in [5.74, 6) is 2.57. The van der Waals surface area contributed by atoms with Gasteiger partial charge in [0.2, 0.25) is 0 Å². The fourth-order valence-corrected chi connectivity index (χ4v) is 3.40. The summed E-state index contributed by atoms with van der Waals surface area (Å²) in [6.45, 7) is 4.00. The molecule has 2 aromatic carbocycles. The summed E-state index contributed by atoms with van der Waals surface area (Å²) in [7, 11) is 0. The minimum atomic E-state index is 0.419. The van der Waals surface area contributed by atoms with E-state index in [0.717, 1.165) is 32.9 Å². The van der Waals surface area contributed by atoms with Crippen LogP contribution in [0, 0.1) is 13.8 Å². The fourth-order valence-electron chi connectivity index (χ4n) is 2.59. The number of thiazole rings is 1. The predicted molar refractivity (Wildman–Crippen MR) is 118 cm³/mol. The number of benzene rings is 2. The lowest BCUT2D eigenvalue weighted by atomic mass is 10.3. The van der Waals surface area contributed by atoms with Gasteiger partial charge in [0.15, 0.2) is 16.8 Å². The first-order valence-corrected chi connectivity index (χ1v) is 9.81. The Kier molecular flexibility index (Phi) is 5.26. The molecule has 0 bridgehead atoms. The van der Waals surface area contributed by atoms with Crippen LogP contribution >= 0.6 is 11.3 Å². The molecule has 146 valence electrons. The molecule has 0 fully saturated rings. The lowest BCUT2D eigenvalue weighted by molar-refractivity contribution is 0.483. The van der Waals surface area contributed by atoms with Crippen LogP contribution in [0.25, 0.3) is 0 Å². The van der Waals surface area contributed by atoms with Crippen molar-refractivity contribution in [2.75, 3.05) is 16.4 Å². The quantitative estimate of drug-likeness (QED) is 0.395. The maximum absolute atomic E-state index is 6.26. The zero-order valence-corrected chi connectivity index (χ0v) is 16.8. The fraction of sp³-hybridized carbons (Fsp3) is 0.0952. The molecule has 0 amide bonds. The smallest absolute Gasteiger partial charge is 0.188 e. The molecule has 2 heterocycles. The van der Waals surface area contributed by atoms with Crippen molar-refractivity contribution in [3.8, 4) is 11.5 Å². The van der Waals surface area contributed by atoms with Gasteiger partial charge in [-0.1, -0.05) is 18.2 Å². The molecule has 0 spiro atoms. The van der Waals surface area contributed by atoms with Crippen molar-refractivity contribution in [3.05, 3.63) is 71.5 Å². The van der Waals surface area contributed by atoms with Crippen molar-refractivity contribution in [1.29, 1.82) is 0 Å². The number of nitrogens with zero attached hydrogens (tertiary/aromatic N) is 3. The summed E-state index contributed by atoms with van der Waals surface area (Å²) in [5, 5.41) is 7.13. The highest BCUT2D eigenvalue weighted by Crippen LogP contribution is 2.31. The van der Waals surface area contributed by atoms with Crippen LogP contribution < -0.4 is 21.1 Å². The molecule has 0 aliphatic heterocycles. The van der Waals surface area contributed by atoms with Crippen LogP contribution in [0.1, 0.15) is 10.6 Å². The molecule has 4 N–H and O–H groups in total. The number of hydrogen-bond acceptors (Lipinski definition) is 8. The number of hydrogen-bond donors (Lipinski definition) is 3. The molecule has 4 aromatic rings. The molecule has 2 aromatic heterocycles. The van der Waals surface area contributed by atoms with E-state index in [2.05, 4.69) is 25.6 Å². The first kappa shape index (κ1) is 18.7. The summed E-state index contributed by atoms with van der Waals surface area (Å²) in [6.07, 6.45) is 1.46. The first-order chi connectivity index (χ1) is 14.1. The number of ether oxygens (including phenoxy) is 1. The van der Waals surface area contributed by atoms with Crippen LogP contribution in [0.2, 0.25) is 0 Å². The van der Waals surface area contributed by atoms with Gasteiger partial charge in [-0.15, -0.1) is 11.3 Å². The molecular weight excluding hydrogens is 384 g/mol. The van der Waals surface area contributed by atoms with Gasteiger partial charge in [-0.05, 0) is 50.2 Å². The van der Waals surface area contributed by atoms with Gasteiger partial charge in [0.05, 0.1) is 5.69 Å². The number of para-hydroxylation sites is 1. The third-order valence-corrected chi connectivity index (χ3v) is 5.22. The van der Waals surface area contributed by atoms with Crippen molar-refractivity contribution in [2.24, 2.45) is 0 Å². The van der Waals surface area contributed by atoms with E-state index in [0.29, 0.717) is 17.3 Å². The van der Waals surface area contributed by atoms with E-state index >= 15 is 0 Å². The lowest BCUT2D eigenvalue weighted by Gasteiger charge is -2.12.